The standard InChI is InChI=1S/C13H18ClNO3/c1-2-15(8-7-13(16)17)9-10-18-12-6-4-3-5-11(12)14/h3-6H,2,7-10H2,1H3,(H,16,17). The van der Waals surface area contributed by atoms with Gasteiger partial charge in [-0.2, -0.15) is 0 Å². The van der Waals surface area contributed by atoms with Crippen LogP contribution in [0.3, 0.4) is 0 Å². The Hall–Kier alpha value is -1.26. The quantitative estimate of drug-likeness (QED) is 0.789. The fourth-order valence-electron chi connectivity index (χ4n) is 1.53. The Morgan fingerprint density at radius 1 is 1.39 bits per heavy atom. The molecule has 0 radical (unpaired) electrons. The van der Waals surface area contributed by atoms with Crippen molar-refractivity contribution in [3.63, 3.8) is 0 Å². The fourth-order valence-corrected chi connectivity index (χ4v) is 1.72. The molecule has 0 saturated carbocycles. The van der Waals surface area contributed by atoms with Crippen LogP contribution in [0.4, 0.5) is 0 Å². The first-order valence-electron chi connectivity index (χ1n) is 5.95. The molecule has 18 heavy (non-hydrogen) atoms. The maximum absolute atomic E-state index is 10.5. The minimum absolute atomic E-state index is 0.153. The molecule has 0 aliphatic carbocycles. The molecule has 1 aromatic carbocycles. The summed E-state index contributed by atoms with van der Waals surface area (Å²) in [5.74, 6) is -0.117. The van der Waals surface area contributed by atoms with E-state index in [1.807, 2.05) is 30.0 Å². The lowest BCUT2D eigenvalue weighted by Gasteiger charge is -2.19. The molecule has 5 heteroatoms. The predicted molar refractivity (Wildman–Crippen MR) is 71.3 cm³/mol. The van der Waals surface area contributed by atoms with Gasteiger partial charge in [-0.25, -0.2) is 0 Å². The fraction of sp³-hybridized carbons (Fsp3) is 0.462. The van der Waals surface area contributed by atoms with Crippen molar-refractivity contribution in [2.75, 3.05) is 26.2 Å². The second-order valence-electron chi connectivity index (χ2n) is 3.86. The van der Waals surface area contributed by atoms with Crippen molar-refractivity contribution in [3.05, 3.63) is 29.3 Å². The summed E-state index contributed by atoms with van der Waals surface area (Å²) in [7, 11) is 0. The minimum atomic E-state index is -0.777. The van der Waals surface area contributed by atoms with Crippen LogP contribution in [0, 0.1) is 0 Å². The Morgan fingerprint density at radius 2 is 2.11 bits per heavy atom. The number of rotatable bonds is 8. The molecule has 0 aliphatic heterocycles. The van der Waals surface area contributed by atoms with Crippen molar-refractivity contribution in [1.29, 1.82) is 0 Å². The van der Waals surface area contributed by atoms with Crippen molar-refractivity contribution in [2.24, 2.45) is 0 Å². The van der Waals surface area contributed by atoms with Crippen LogP contribution in [0.25, 0.3) is 0 Å². The third-order valence-electron chi connectivity index (χ3n) is 2.59. The summed E-state index contributed by atoms with van der Waals surface area (Å²) in [5.41, 5.74) is 0. The van der Waals surface area contributed by atoms with Crippen LogP contribution in [0.5, 0.6) is 5.75 Å². The first kappa shape index (κ1) is 14.8. The highest BCUT2D eigenvalue weighted by Crippen LogP contribution is 2.22. The molecule has 0 aromatic heterocycles. The highest BCUT2D eigenvalue weighted by atomic mass is 35.5. The summed E-state index contributed by atoms with van der Waals surface area (Å²) in [6.07, 6.45) is 0.153. The van der Waals surface area contributed by atoms with Crippen LogP contribution in [-0.2, 0) is 4.79 Å². The minimum Gasteiger partial charge on any atom is -0.491 e. The van der Waals surface area contributed by atoms with E-state index in [0.717, 1.165) is 6.54 Å². The maximum Gasteiger partial charge on any atom is 0.304 e. The van der Waals surface area contributed by atoms with Gasteiger partial charge in [0.05, 0.1) is 11.4 Å². The van der Waals surface area contributed by atoms with Gasteiger partial charge in [0.1, 0.15) is 12.4 Å². The normalized spacial score (nSPS) is 10.6. The number of hydrogen-bond acceptors (Lipinski definition) is 3. The number of halogens is 1. The number of para-hydroxylation sites is 1. The van der Waals surface area contributed by atoms with Crippen molar-refractivity contribution in [3.8, 4) is 5.75 Å². The second kappa shape index (κ2) is 7.95. The van der Waals surface area contributed by atoms with E-state index >= 15 is 0 Å². The van der Waals surface area contributed by atoms with E-state index in [1.165, 1.54) is 0 Å². The zero-order valence-electron chi connectivity index (χ0n) is 10.4. The van der Waals surface area contributed by atoms with Gasteiger partial charge in [0.2, 0.25) is 0 Å². The molecular formula is C13H18ClNO3. The average Bonchev–Trinajstić information content (AvgIpc) is 2.35. The SMILES string of the molecule is CCN(CCOc1ccccc1Cl)CCC(=O)O. The molecule has 0 atom stereocenters. The lowest BCUT2D eigenvalue weighted by molar-refractivity contribution is -0.137. The molecule has 0 saturated heterocycles. The lowest BCUT2D eigenvalue weighted by Crippen LogP contribution is -2.30. The van der Waals surface area contributed by atoms with Crippen LogP contribution in [0.2, 0.25) is 5.02 Å². The van der Waals surface area contributed by atoms with Crippen LogP contribution < -0.4 is 4.74 Å². The summed E-state index contributed by atoms with van der Waals surface area (Å²) >= 11 is 5.96. The average molecular weight is 272 g/mol. The topological polar surface area (TPSA) is 49.8 Å². The van der Waals surface area contributed by atoms with Gasteiger partial charge < -0.3 is 9.84 Å². The molecule has 1 aromatic rings. The van der Waals surface area contributed by atoms with Crippen LogP contribution in [0.15, 0.2) is 24.3 Å². The molecule has 0 aliphatic rings. The third kappa shape index (κ3) is 5.38. The van der Waals surface area contributed by atoms with Crippen LogP contribution in [-0.4, -0.2) is 42.2 Å². The van der Waals surface area contributed by atoms with Gasteiger partial charge in [0, 0.05) is 13.1 Å². The van der Waals surface area contributed by atoms with E-state index in [-0.39, 0.29) is 6.42 Å². The molecular weight excluding hydrogens is 254 g/mol. The van der Waals surface area contributed by atoms with Gasteiger partial charge in [-0.1, -0.05) is 30.7 Å². The van der Waals surface area contributed by atoms with Gasteiger partial charge in [0.25, 0.3) is 0 Å². The molecule has 1 rings (SSSR count). The molecule has 4 nitrogen and oxygen atoms in total. The van der Waals surface area contributed by atoms with Crippen LogP contribution in [0.1, 0.15) is 13.3 Å². The molecule has 100 valence electrons. The number of nitrogens with zero attached hydrogens (tertiary/aromatic N) is 1. The monoisotopic (exact) mass is 271 g/mol. The number of benzene rings is 1. The smallest absolute Gasteiger partial charge is 0.304 e. The maximum atomic E-state index is 10.5. The van der Waals surface area contributed by atoms with Crippen molar-refractivity contribution < 1.29 is 14.6 Å². The largest absolute Gasteiger partial charge is 0.491 e. The van der Waals surface area contributed by atoms with Crippen molar-refractivity contribution in [2.45, 2.75) is 13.3 Å². The van der Waals surface area contributed by atoms with Gasteiger partial charge in [0.15, 0.2) is 0 Å². The molecule has 0 spiro atoms. The first-order chi connectivity index (χ1) is 8.63. The summed E-state index contributed by atoms with van der Waals surface area (Å²) in [6.45, 7) is 4.53. The number of ether oxygens (including phenoxy) is 1. The van der Waals surface area contributed by atoms with Gasteiger partial charge >= 0.3 is 5.97 Å². The van der Waals surface area contributed by atoms with E-state index < -0.39 is 5.97 Å². The Morgan fingerprint density at radius 3 is 2.72 bits per heavy atom. The number of likely N-dealkylation sites (N-methyl/N-ethyl adjacent to an activating group) is 1. The predicted octanol–water partition coefficient (Wildman–Crippen LogP) is 2.52. The Kier molecular flexibility index (Phi) is 6.54. The van der Waals surface area contributed by atoms with Crippen molar-refractivity contribution in [1.82, 2.24) is 4.90 Å². The van der Waals surface area contributed by atoms with Gasteiger partial charge in [-0.15, -0.1) is 0 Å². The zero-order chi connectivity index (χ0) is 13.4. The Balaban J connectivity index is 2.31. The molecule has 0 amide bonds. The molecule has 1 N–H and O–H groups in total. The van der Waals surface area contributed by atoms with Gasteiger partial charge in [-0.3, -0.25) is 9.69 Å². The lowest BCUT2D eigenvalue weighted by atomic mass is 10.3. The molecule has 0 fully saturated rings. The third-order valence-corrected chi connectivity index (χ3v) is 2.90. The zero-order valence-corrected chi connectivity index (χ0v) is 11.2. The van der Waals surface area contributed by atoms with E-state index in [2.05, 4.69) is 0 Å². The number of carboxylic acids is 1. The number of hydrogen-bond donors (Lipinski definition) is 1. The number of aliphatic carboxylic acids is 1. The van der Waals surface area contributed by atoms with E-state index in [0.29, 0.717) is 30.5 Å². The van der Waals surface area contributed by atoms with Crippen molar-refractivity contribution >= 4 is 17.6 Å². The molecule has 0 heterocycles. The summed E-state index contributed by atoms with van der Waals surface area (Å²) < 4.78 is 5.55. The van der Waals surface area contributed by atoms with E-state index in [4.69, 9.17) is 21.4 Å². The van der Waals surface area contributed by atoms with E-state index in [9.17, 15) is 4.79 Å². The highest BCUT2D eigenvalue weighted by molar-refractivity contribution is 6.32. The molecule has 0 unspecified atom stereocenters. The summed E-state index contributed by atoms with van der Waals surface area (Å²) in [5, 5.41) is 9.21. The Labute approximate surface area is 112 Å². The second-order valence-corrected chi connectivity index (χ2v) is 4.26. The summed E-state index contributed by atoms with van der Waals surface area (Å²) in [4.78, 5) is 12.5. The number of carbonyl (C=O) groups is 1. The van der Waals surface area contributed by atoms with Crippen LogP contribution >= 0.6 is 11.6 Å². The van der Waals surface area contributed by atoms with Gasteiger partial charge in [-0.05, 0) is 18.7 Å². The summed E-state index contributed by atoms with van der Waals surface area (Å²) in [6, 6.07) is 7.30. The Bertz CT molecular complexity index is 384. The van der Waals surface area contributed by atoms with E-state index in [1.54, 1.807) is 6.07 Å². The first-order valence-corrected chi connectivity index (χ1v) is 6.32. The number of carboxylic acid groups (broad SMARTS) is 1. The highest BCUT2D eigenvalue weighted by Gasteiger charge is 2.06. The molecule has 0 bridgehead atoms.